The molecule has 0 spiro atoms. The highest BCUT2D eigenvalue weighted by Crippen LogP contribution is 2.40. The number of carbonyl (C=O) groups excluding carboxylic acids is 1. The lowest BCUT2D eigenvalue weighted by Gasteiger charge is -2.17. The summed E-state index contributed by atoms with van der Waals surface area (Å²) >= 11 is 0. The van der Waals surface area contributed by atoms with Crippen LogP contribution in [0.5, 0.6) is 11.5 Å². The minimum Gasteiger partial charge on any atom is -0.504 e. The molecule has 1 aliphatic rings. The zero-order chi connectivity index (χ0) is 16.2. The first-order valence-electron chi connectivity index (χ1n) is 7.69. The first-order valence-corrected chi connectivity index (χ1v) is 7.69. The van der Waals surface area contributed by atoms with Gasteiger partial charge in [-0.3, -0.25) is 4.79 Å². The molecule has 0 saturated heterocycles. The van der Waals surface area contributed by atoms with Gasteiger partial charge < -0.3 is 15.5 Å². The number of benzene rings is 2. The third-order valence-electron chi connectivity index (χ3n) is 3.98. The van der Waals surface area contributed by atoms with Gasteiger partial charge in [0.05, 0.1) is 6.04 Å². The lowest BCUT2D eigenvalue weighted by atomic mass is 10.0. The van der Waals surface area contributed by atoms with E-state index in [2.05, 4.69) is 5.32 Å². The largest absolute Gasteiger partial charge is 0.504 e. The van der Waals surface area contributed by atoms with Gasteiger partial charge in [-0.2, -0.15) is 0 Å². The van der Waals surface area contributed by atoms with Crippen LogP contribution in [0.25, 0.3) is 6.08 Å². The van der Waals surface area contributed by atoms with Crippen molar-refractivity contribution in [2.24, 2.45) is 5.92 Å². The second kappa shape index (κ2) is 6.57. The molecule has 0 bridgehead atoms. The zero-order valence-corrected chi connectivity index (χ0v) is 12.6. The van der Waals surface area contributed by atoms with Crippen molar-refractivity contribution in [3.8, 4) is 11.5 Å². The van der Waals surface area contributed by atoms with Crippen LogP contribution in [0.1, 0.15) is 30.0 Å². The molecule has 3 N–H and O–H groups in total. The van der Waals surface area contributed by atoms with Gasteiger partial charge in [0, 0.05) is 6.08 Å². The van der Waals surface area contributed by atoms with Crippen LogP contribution < -0.4 is 5.32 Å². The highest BCUT2D eigenvalue weighted by atomic mass is 16.3. The van der Waals surface area contributed by atoms with Gasteiger partial charge in [-0.1, -0.05) is 36.4 Å². The molecule has 1 saturated carbocycles. The summed E-state index contributed by atoms with van der Waals surface area (Å²) in [6, 6.07) is 14.5. The molecule has 0 radical (unpaired) electrons. The van der Waals surface area contributed by atoms with Crippen molar-refractivity contribution >= 4 is 12.0 Å². The van der Waals surface area contributed by atoms with E-state index in [0.29, 0.717) is 11.5 Å². The van der Waals surface area contributed by atoms with Crippen LogP contribution in [0.4, 0.5) is 0 Å². The van der Waals surface area contributed by atoms with Gasteiger partial charge in [-0.25, -0.2) is 0 Å². The highest BCUT2D eigenvalue weighted by Gasteiger charge is 2.32. The average Bonchev–Trinajstić information content (AvgIpc) is 3.39. The Morgan fingerprint density at radius 1 is 1.09 bits per heavy atom. The molecule has 118 valence electrons. The summed E-state index contributed by atoms with van der Waals surface area (Å²) in [6.45, 7) is 0. The lowest BCUT2D eigenvalue weighted by Crippen LogP contribution is -2.28. The van der Waals surface area contributed by atoms with Crippen molar-refractivity contribution in [3.05, 3.63) is 65.7 Å². The molecule has 2 aromatic carbocycles. The summed E-state index contributed by atoms with van der Waals surface area (Å²) in [6.07, 6.45) is 5.33. The molecule has 0 heterocycles. The summed E-state index contributed by atoms with van der Waals surface area (Å²) in [7, 11) is 0. The maximum absolute atomic E-state index is 12.2. The smallest absolute Gasteiger partial charge is 0.244 e. The molecule has 0 aromatic heterocycles. The topological polar surface area (TPSA) is 69.6 Å². The van der Waals surface area contributed by atoms with Crippen LogP contribution >= 0.6 is 0 Å². The third-order valence-corrected chi connectivity index (χ3v) is 3.98. The van der Waals surface area contributed by atoms with Crippen LogP contribution in [-0.4, -0.2) is 16.1 Å². The monoisotopic (exact) mass is 309 g/mol. The summed E-state index contributed by atoms with van der Waals surface area (Å²) in [4.78, 5) is 12.2. The third kappa shape index (κ3) is 3.92. The molecular weight excluding hydrogens is 290 g/mol. The van der Waals surface area contributed by atoms with E-state index in [1.807, 2.05) is 30.3 Å². The van der Waals surface area contributed by atoms with E-state index in [0.717, 1.165) is 18.4 Å². The molecule has 0 unspecified atom stereocenters. The second-order valence-corrected chi connectivity index (χ2v) is 5.82. The van der Waals surface area contributed by atoms with Crippen molar-refractivity contribution < 1.29 is 15.0 Å². The quantitative estimate of drug-likeness (QED) is 0.586. The molecule has 3 rings (SSSR count). The number of phenolic OH excluding ortho intramolecular Hbond substituents is 2. The minimum absolute atomic E-state index is 0.0431. The molecule has 1 amide bonds. The van der Waals surface area contributed by atoms with Crippen LogP contribution in [-0.2, 0) is 4.79 Å². The Balaban J connectivity index is 1.67. The molecule has 1 aliphatic carbocycles. The summed E-state index contributed by atoms with van der Waals surface area (Å²) in [5.41, 5.74) is 1.78. The highest BCUT2D eigenvalue weighted by molar-refractivity contribution is 5.92. The van der Waals surface area contributed by atoms with E-state index >= 15 is 0 Å². The number of amides is 1. The summed E-state index contributed by atoms with van der Waals surface area (Å²) < 4.78 is 0. The average molecular weight is 309 g/mol. The lowest BCUT2D eigenvalue weighted by molar-refractivity contribution is -0.117. The van der Waals surface area contributed by atoms with Crippen molar-refractivity contribution in [1.82, 2.24) is 5.32 Å². The molecule has 4 nitrogen and oxygen atoms in total. The SMILES string of the molecule is O=C(C=Cc1ccc(O)c(O)c1)N[C@H](c1ccccc1)C1CC1. The van der Waals surface area contributed by atoms with E-state index in [1.165, 1.54) is 18.2 Å². The van der Waals surface area contributed by atoms with Gasteiger partial charge in [0.15, 0.2) is 11.5 Å². The Hall–Kier alpha value is -2.75. The van der Waals surface area contributed by atoms with Gasteiger partial charge in [0.1, 0.15) is 0 Å². The summed E-state index contributed by atoms with van der Waals surface area (Å²) in [5, 5.41) is 21.8. The van der Waals surface area contributed by atoms with Gasteiger partial charge in [0.25, 0.3) is 0 Å². The number of rotatable bonds is 5. The zero-order valence-electron chi connectivity index (χ0n) is 12.6. The molecular formula is C19H19NO3. The van der Waals surface area contributed by atoms with Gasteiger partial charge in [-0.05, 0) is 48.1 Å². The van der Waals surface area contributed by atoms with Crippen molar-refractivity contribution in [2.75, 3.05) is 0 Å². The molecule has 23 heavy (non-hydrogen) atoms. The van der Waals surface area contributed by atoms with Crippen LogP contribution in [0, 0.1) is 5.92 Å². The molecule has 1 fully saturated rings. The standard InChI is InChI=1S/C19H19NO3/c21-16-10-6-13(12-17(16)22)7-11-18(23)20-19(15-8-9-15)14-4-2-1-3-5-14/h1-7,10-12,15,19,21-22H,8-9H2,(H,20,23)/t19-/m1/s1. The number of nitrogens with one attached hydrogen (secondary N) is 1. The predicted octanol–water partition coefficient (Wildman–Crippen LogP) is 3.38. The number of aromatic hydroxyl groups is 2. The first kappa shape index (κ1) is 15.2. The maximum atomic E-state index is 12.2. The first-order chi connectivity index (χ1) is 11.1. The molecule has 1 atom stereocenters. The van der Waals surface area contributed by atoms with Crippen molar-refractivity contribution in [1.29, 1.82) is 0 Å². The minimum atomic E-state index is -0.201. The van der Waals surface area contributed by atoms with E-state index < -0.39 is 0 Å². The number of hydrogen-bond acceptors (Lipinski definition) is 3. The van der Waals surface area contributed by atoms with Crippen molar-refractivity contribution in [3.63, 3.8) is 0 Å². The Bertz CT molecular complexity index is 721. The molecule has 0 aliphatic heterocycles. The fraction of sp³-hybridized carbons (Fsp3) is 0.211. The van der Waals surface area contributed by atoms with E-state index in [-0.39, 0.29) is 23.4 Å². The normalized spacial score (nSPS) is 15.5. The number of carbonyl (C=O) groups is 1. The van der Waals surface area contributed by atoms with Gasteiger partial charge in [0.2, 0.25) is 5.91 Å². The van der Waals surface area contributed by atoms with Gasteiger partial charge in [-0.15, -0.1) is 0 Å². The molecule has 4 heteroatoms. The number of hydrogen-bond donors (Lipinski definition) is 3. The maximum Gasteiger partial charge on any atom is 0.244 e. The van der Waals surface area contributed by atoms with Crippen molar-refractivity contribution in [2.45, 2.75) is 18.9 Å². The number of phenols is 2. The van der Waals surface area contributed by atoms with E-state index in [9.17, 15) is 15.0 Å². The molecule has 2 aromatic rings. The van der Waals surface area contributed by atoms with Crippen LogP contribution in [0.3, 0.4) is 0 Å². The van der Waals surface area contributed by atoms with Crippen LogP contribution in [0.2, 0.25) is 0 Å². The Kier molecular flexibility index (Phi) is 4.33. The predicted molar refractivity (Wildman–Crippen MR) is 88.9 cm³/mol. The Morgan fingerprint density at radius 3 is 2.48 bits per heavy atom. The Morgan fingerprint density at radius 2 is 1.83 bits per heavy atom. The van der Waals surface area contributed by atoms with Gasteiger partial charge >= 0.3 is 0 Å². The van der Waals surface area contributed by atoms with E-state index in [1.54, 1.807) is 12.1 Å². The second-order valence-electron chi connectivity index (χ2n) is 5.82. The Labute approximate surface area is 135 Å². The fourth-order valence-corrected chi connectivity index (χ4v) is 2.58. The van der Waals surface area contributed by atoms with Crippen LogP contribution in [0.15, 0.2) is 54.6 Å². The fourth-order valence-electron chi connectivity index (χ4n) is 2.58. The van der Waals surface area contributed by atoms with E-state index in [4.69, 9.17) is 0 Å². The summed E-state index contributed by atoms with van der Waals surface area (Å²) in [5.74, 6) is -0.0389.